The van der Waals surface area contributed by atoms with Crippen LogP contribution in [0.3, 0.4) is 0 Å². The molecule has 1 aromatic rings. The van der Waals surface area contributed by atoms with Gasteiger partial charge in [0, 0.05) is 37.5 Å². The summed E-state index contributed by atoms with van der Waals surface area (Å²) in [5, 5.41) is 8.69. The molecule has 0 aliphatic heterocycles. The molecule has 1 unspecified atom stereocenters. The van der Waals surface area contributed by atoms with E-state index in [4.69, 9.17) is 5.11 Å². The van der Waals surface area contributed by atoms with Crippen molar-refractivity contribution >= 4 is 10.0 Å². The Morgan fingerprint density at radius 1 is 1.43 bits per heavy atom. The second-order valence-electron chi connectivity index (χ2n) is 4.84. The zero-order chi connectivity index (χ0) is 15.9. The third-order valence-electron chi connectivity index (χ3n) is 3.19. The number of rotatable bonds is 6. The number of pyridine rings is 1. The molecule has 1 N–H and O–H groups in total. The lowest BCUT2D eigenvalue weighted by Gasteiger charge is -2.23. The average Bonchev–Trinajstić information content (AvgIpc) is 2.47. The van der Waals surface area contributed by atoms with Crippen LogP contribution in [0.2, 0.25) is 0 Å². The molecule has 5 nitrogen and oxygen atoms in total. The Balaban J connectivity index is 3.04. The molecule has 0 radical (unpaired) electrons. The first kappa shape index (κ1) is 17.6. The summed E-state index contributed by atoms with van der Waals surface area (Å²) in [6.45, 7) is 3.89. The Bertz CT molecular complexity index is 617. The standard InChI is InChI=1S/C15H22N2O3S/c1-4-7-13(2)17(3)21(19,20)15-10-14(11-16-12-15)8-5-6-9-18/h10-13,18H,4,6-7,9H2,1-3H3. The molecule has 0 spiro atoms. The predicted molar refractivity (Wildman–Crippen MR) is 82.1 cm³/mol. The summed E-state index contributed by atoms with van der Waals surface area (Å²) in [5.41, 5.74) is 0.529. The zero-order valence-corrected chi connectivity index (χ0v) is 13.5. The van der Waals surface area contributed by atoms with Gasteiger partial charge >= 0.3 is 0 Å². The van der Waals surface area contributed by atoms with Crippen LogP contribution in [0.15, 0.2) is 23.4 Å². The molecule has 0 saturated carbocycles. The largest absolute Gasteiger partial charge is 0.395 e. The average molecular weight is 310 g/mol. The van der Waals surface area contributed by atoms with E-state index in [1.807, 2.05) is 13.8 Å². The molecule has 6 heteroatoms. The van der Waals surface area contributed by atoms with Crippen molar-refractivity contribution in [1.82, 2.24) is 9.29 Å². The van der Waals surface area contributed by atoms with E-state index in [0.29, 0.717) is 12.0 Å². The van der Waals surface area contributed by atoms with Crippen LogP contribution in [0, 0.1) is 11.8 Å². The van der Waals surface area contributed by atoms with E-state index in [-0.39, 0.29) is 17.5 Å². The highest BCUT2D eigenvalue weighted by Crippen LogP contribution is 2.18. The van der Waals surface area contributed by atoms with Gasteiger partial charge in [-0.15, -0.1) is 0 Å². The van der Waals surface area contributed by atoms with Crippen molar-refractivity contribution in [3.8, 4) is 11.8 Å². The van der Waals surface area contributed by atoms with Gasteiger partial charge in [-0.2, -0.15) is 4.31 Å². The highest BCUT2D eigenvalue weighted by molar-refractivity contribution is 7.89. The fourth-order valence-electron chi connectivity index (χ4n) is 1.85. The van der Waals surface area contributed by atoms with E-state index in [9.17, 15) is 8.42 Å². The van der Waals surface area contributed by atoms with Gasteiger partial charge in [0.25, 0.3) is 0 Å². The number of nitrogens with zero attached hydrogens (tertiary/aromatic N) is 2. The van der Waals surface area contributed by atoms with Gasteiger partial charge in [0.2, 0.25) is 10.0 Å². The summed E-state index contributed by atoms with van der Waals surface area (Å²) < 4.78 is 26.4. The van der Waals surface area contributed by atoms with Gasteiger partial charge in [0.05, 0.1) is 6.61 Å². The Labute approximate surface area is 127 Å². The van der Waals surface area contributed by atoms with Gasteiger partial charge in [0.15, 0.2) is 0 Å². The van der Waals surface area contributed by atoms with Crippen molar-refractivity contribution in [3.05, 3.63) is 24.0 Å². The SMILES string of the molecule is CCCC(C)N(C)S(=O)(=O)c1cncc(C#CCCO)c1. The third kappa shape index (κ3) is 4.81. The Morgan fingerprint density at radius 3 is 2.76 bits per heavy atom. The van der Waals surface area contributed by atoms with E-state index in [1.165, 1.54) is 22.8 Å². The molecule has 1 heterocycles. The van der Waals surface area contributed by atoms with E-state index < -0.39 is 10.0 Å². The summed E-state index contributed by atoms with van der Waals surface area (Å²) in [5.74, 6) is 5.55. The number of aromatic nitrogens is 1. The molecule has 0 bridgehead atoms. The summed E-state index contributed by atoms with van der Waals surface area (Å²) in [4.78, 5) is 4.09. The third-order valence-corrected chi connectivity index (χ3v) is 5.12. The smallest absolute Gasteiger partial charge is 0.244 e. The molecule has 1 atom stereocenters. The second kappa shape index (κ2) is 8.13. The molecule has 21 heavy (non-hydrogen) atoms. The second-order valence-corrected chi connectivity index (χ2v) is 6.84. The van der Waals surface area contributed by atoms with Crippen LogP contribution in [-0.4, -0.2) is 42.5 Å². The quantitative estimate of drug-likeness (QED) is 0.811. The summed E-state index contributed by atoms with van der Waals surface area (Å²) in [6.07, 6.45) is 4.93. The topological polar surface area (TPSA) is 70.5 Å². The van der Waals surface area contributed by atoms with Gasteiger partial charge in [-0.05, 0) is 19.4 Å². The maximum Gasteiger partial charge on any atom is 0.244 e. The monoisotopic (exact) mass is 310 g/mol. The summed E-state index contributed by atoms with van der Waals surface area (Å²) in [6, 6.07) is 1.45. The van der Waals surface area contributed by atoms with Crippen LogP contribution < -0.4 is 0 Å². The molecular weight excluding hydrogens is 288 g/mol. The van der Waals surface area contributed by atoms with Gasteiger partial charge in [-0.1, -0.05) is 25.2 Å². The van der Waals surface area contributed by atoms with E-state index in [1.54, 1.807) is 7.05 Å². The fourth-order valence-corrected chi connectivity index (χ4v) is 3.23. The minimum Gasteiger partial charge on any atom is -0.395 e. The number of sulfonamides is 1. The van der Waals surface area contributed by atoms with E-state index >= 15 is 0 Å². The van der Waals surface area contributed by atoms with Gasteiger partial charge in [0.1, 0.15) is 4.90 Å². The van der Waals surface area contributed by atoms with Gasteiger partial charge in [-0.3, -0.25) is 4.98 Å². The van der Waals surface area contributed by atoms with Crippen LogP contribution >= 0.6 is 0 Å². The minimum atomic E-state index is -3.56. The van der Waals surface area contributed by atoms with Crippen molar-refractivity contribution < 1.29 is 13.5 Å². The van der Waals surface area contributed by atoms with Gasteiger partial charge in [-0.25, -0.2) is 8.42 Å². The number of aliphatic hydroxyl groups excluding tert-OH is 1. The number of hydrogen-bond acceptors (Lipinski definition) is 4. The van der Waals surface area contributed by atoms with Crippen molar-refractivity contribution in [3.63, 3.8) is 0 Å². The first-order valence-electron chi connectivity index (χ1n) is 6.96. The molecule has 0 amide bonds. The molecule has 1 aromatic heterocycles. The predicted octanol–water partition coefficient (Wildman–Crippen LogP) is 1.62. The van der Waals surface area contributed by atoms with Crippen molar-refractivity contribution in [1.29, 1.82) is 0 Å². The van der Waals surface area contributed by atoms with E-state index in [2.05, 4.69) is 16.8 Å². The van der Waals surface area contributed by atoms with E-state index in [0.717, 1.165) is 12.8 Å². The molecular formula is C15H22N2O3S. The maximum absolute atomic E-state index is 12.5. The first-order valence-corrected chi connectivity index (χ1v) is 8.40. The van der Waals surface area contributed by atoms with Gasteiger partial charge < -0.3 is 5.11 Å². The van der Waals surface area contributed by atoms with Crippen LogP contribution in [0.25, 0.3) is 0 Å². The van der Waals surface area contributed by atoms with Crippen molar-refractivity contribution in [2.24, 2.45) is 0 Å². The highest BCUT2D eigenvalue weighted by Gasteiger charge is 2.25. The lowest BCUT2D eigenvalue weighted by atomic mass is 10.2. The molecule has 0 aromatic carbocycles. The zero-order valence-electron chi connectivity index (χ0n) is 12.7. The van der Waals surface area contributed by atoms with Crippen LogP contribution in [0.5, 0.6) is 0 Å². The lowest BCUT2D eigenvalue weighted by molar-refractivity contribution is 0.305. The normalized spacial score (nSPS) is 12.8. The molecule has 0 saturated heterocycles. The summed E-state index contributed by atoms with van der Waals surface area (Å²) in [7, 11) is -1.98. The Morgan fingerprint density at radius 2 is 2.14 bits per heavy atom. The molecule has 0 aliphatic rings. The lowest BCUT2D eigenvalue weighted by Crippen LogP contribution is -2.35. The number of aliphatic hydroxyl groups is 1. The Hall–Kier alpha value is -1.42. The summed E-state index contributed by atoms with van der Waals surface area (Å²) >= 11 is 0. The minimum absolute atomic E-state index is 0.0182. The number of hydrogen-bond donors (Lipinski definition) is 1. The van der Waals surface area contributed by atoms with Crippen molar-refractivity contribution in [2.75, 3.05) is 13.7 Å². The van der Waals surface area contributed by atoms with Crippen LogP contribution in [-0.2, 0) is 10.0 Å². The highest BCUT2D eigenvalue weighted by atomic mass is 32.2. The van der Waals surface area contributed by atoms with Crippen LogP contribution in [0.1, 0.15) is 38.7 Å². The van der Waals surface area contributed by atoms with Crippen LogP contribution in [0.4, 0.5) is 0 Å². The molecule has 0 aliphatic carbocycles. The molecule has 116 valence electrons. The Kier molecular flexibility index (Phi) is 6.82. The molecule has 0 fully saturated rings. The van der Waals surface area contributed by atoms with Crippen molar-refractivity contribution in [2.45, 2.75) is 44.0 Å². The maximum atomic E-state index is 12.5. The molecule has 1 rings (SSSR count). The fraction of sp³-hybridized carbons (Fsp3) is 0.533. The first-order chi connectivity index (χ1) is 9.93.